The molecule has 1 amide bonds. The second-order valence-electron chi connectivity index (χ2n) is 6.50. The minimum absolute atomic E-state index is 0.0180. The molecule has 0 saturated heterocycles. The fourth-order valence-corrected chi connectivity index (χ4v) is 4.21. The molecule has 1 atom stereocenters. The molecule has 1 aliphatic carbocycles. The number of allylic oxidation sites excluding steroid dienone is 1. The third-order valence-corrected chi connectivity index (χ3v) is 5.18. The first-order chi connectivity index (χ1) is 12.6. The van der Waals surface area contributed by atoms with Gasteiger partial charge in [0.1, 0.15) is 22.8 Å². The van der Waals surface area contributed by atoms with Crippen LogP contribution in [0.1, 0.15) is 24.8 Å². The number of para-hydroxylation sites is 1. The van der Waals surface area contributed by atoms with Crippen molar-refractivity contribution in [3.05, 3.63) is 65.3 Å². The van der Waals surface area contributed by atoms with Crippen LogP contribution in [0, 0.1) is 11.3 Å². The molecule has 26 heavy (non-hydrogen) atoms. The number of nitrogens with zero attached hydrogens (tertiary/aromatic N) is 2. The van der Waals surface area contributed by atoms with Crippen molar-refractivity contribution in [1.29, 1.82) is 5.26 Å². The Morgan fingerprint density at radius 2 is 2.12 bits per heavy atom. The van der Waals surface area contributed by atoms with E-state index in [1.807, 2.05) is 12.1 Å². The van der Waals surface area contributed by atoms with Gasteiger partial charge in [0.2, 0.25) is 11.8 Å². The summed E-state index contributed by atoms with van der Waals surface area (Å²) in [5, 5.41) is 9.83. The standard InChI is InChI=1S/C20H17N3O3/c1-2-10-23-14-7-4-3-6-12(14)20(19(23)25)13(11-21)18(22)26-16-9-5-8-15(24)17(16)20/h2-4,6-7H,1,5,8-10,22H2. The molecule has 0 aromatic heterocycles. The Balaban J connectivity index is 2.11. The summed E-state index contributed by atoms with van der Waals surface area (Å²) in [6, 6.07) is 9.23. The Bertz CT molecular complexity index is 967. The molecule has 2 aliphatic heterocycles. The number of rotatable bonds is 2. The van der Waals surface area contributed by atoms with Gasteiger partial charge in [0.15, 0.2) is 5.78 Å². The SMILES string of the molecule is C=CCN1C(=O)C2(C(C#N)=C(N)OC3=C2C(=O)CCC3)c2ccccc21. The third kappa shape index (κ3) is 1.80. The third-order valence-electron chi connectivity index (χ3n) is 5.18. The number of anilines is 1. The second-order valence-corrected chi connectivity index (χ2v) is 6.50. The van der Waals surface area contributed by atoms with Crippen LogP contribution in [0.25, 0.3) is 0 Å². The number of hydrogen-bond donors (Lipinski definition) is 1. The average Bonchev–Trinajstić information content (AvgIpc) is 2.86. The molecule has 130 valence electrons. The lowest BCUT2D eigenvalue weighted by Crippen LogP contribution is -2.49. The zero-order valence-electron chi connectivity index (χ0n) is 14.1. The van der Waals surface area contributed by atoms with Gasteiger partial charge in [-0.05, 0) is 12.5 Å². The number of amides is 1. The molecule has 0 fully saturated rings. The molecular formula is C20H17N3O3. The first kappa shape index (κ1) is 16.2. The van der Waals surface area contributed by atoms with E-state index in [4.69, 9.17) is 10.5 Å². The lowest BCUT2D eigenvalue weighted by Gasteiger charge is -2.37. The predicted octanol–water partition coefficient (Wildman–Crippen LogP) is 2.19. The summed E-state index contributed by atoms with van der Waals surface area (Å²) < 4.78 is 5.61. The first-order valence-electron chi connectivity index (χ1n) is 8.44. The van der Waals surface area contributed by atoms with Crippen molar-refractivity contribution < 1.29 is 14.3 Å². The Morgan fingerprint density at radius 1 is 1.35 bits per heavy atom. The van der Waals surface area contributed by atoms with Gasteiger partial charge in [-0.3, -0.25) is 9.59 Å². The van der Waals surface area contributed by atoms with E-state index in [2.05, 4.69) is 6.58 Å². The molecular weight excluding hydrogens is 330 g/mol. The van der Waals surface area contributed by atoms with E-state index in [9.17, 15) is 14.9 Å². The number of benzene rings is 1. The second kappa shape index (κ2) is 5.60. The van der Waals surface area contributed by atoms with Crippen molar-refractivity contribution in [3.63, 3.8) is 0 Å². The van der Waals surface area contributed by atoms with Crippen molar-refractivity contribution in [2.24, 2.45) is 5.73 Å². The van der Waals surface area contributed by atoms with E-state index >= 15 is 0 Å². The van der Waals surface area contributed by atoms with Crippen LogP contribution in [0.15, 0.2) is 59.7 Å². The van der Waals surface area contributed by atoms with Crippen LogP contribution in [0.4, 0.5) is 5.69 Å². The number of hydrogen-bond acceptors (Lipinski definition) is 5. The lowest BCUT2D eigenvalue weighted by atomic mass is 9.65. The summed E-state index contributed by atoms with van der Waals surface area (Å²) >= 11 is 0. The fraction of sp³-hybridized carbons (Fsp3) is 0.250. The highest BCUT2D eigenvalue weighted by molar-refractivity contribution is 6.20. The van der Waals surface area contributed by atoms with Crippen LogP contribution in [0.5, 0.6) is 0 Å². The molecule has 3 aliphatic rings. The van der Waals surface area contributed by atoms with Crippen LogP contribution < -0.4 is 10.6 Å². The van der Waals surface area contributed by atoms with E-state index in [0.717, 1.165) is 0 Å². The largest absolute Gasteiger partial charge is 0.444 e. The highest BCUT2D eigenvalue weighted by Crippen LogP contribution is 2.55. The van der Waals surface area contributed by atoms with Gasteiger partial charge in [-0.15, -0.1) is 6.58 Å². The topological polar surface area (TPSA) is 96.4 Å². The molecule has 1 unspecified atom stereocenters. The smallest absolute Gasteiger partial charge is 0.248 e. The Hall–Kier alpha value is -3.33. The Labute approximate surface area is 150 Å². The van der Waals surface area contributed by atoms with E-state index in [-0.39, 0.29) is 35.3 Å². The van der Waals surface area contributed by atoms with Gasteiger partial charge >= 0.3 is 0 Å². The number of carbonyl (C=O) groups excluding carboxylic acids is 2. The van der Waals surface area contributed by atoms with E-state index in [0.29, 0.717) is 36.3 Å². The lowest BCUT2D eigenvalue weighted by molar-refractivity contribution is -0.124. The van der Waals surface area contributed by atoms with Crippen molar-refractivity contribution in [2.75, 3.05) is 11.4 Å². The van der Waals surface area contributed by atoms with Crippen molar-refractivity contribution in [3.8, 4) is 6.07 Å². The summed E-state index contributed by atoms with van der Waals surface area (Å²) in [6.45, 7) is 3.99. The van der Waals surface area contributed by atoms with Crippen molar-refractivity contribution in [1.82, 2.24) is 0 Å². The molecule has 0 saturated carbocycles. The fourth-order valence-electron chi connectivity index (χ4n) is 4.21. The van der Waals surface area contributed by atoms with Gasteiger partial charge in [-0.1, -0.05) is 24.3 Å². The predicted molar refractivity (Wildman–Crippen MR) is 94.5 cm³/mol. The molecule has 2 N–H and O–H groups in total. The van der Waals surface area contributed by atoms with Gasteiger partial charge in [0.25, 0.3) is 0 Å². The molecule has 4 rings (SSSR count). The summed E-state index contributed by atoms with van der Waals surface area (Å²) in [6.07, 6.45) is 3.08. The number of ketones is 1. The van der Waals surface area contributed by atoms with E-state index in [1.54, 1.807) is 29.2 Å². The highest BCUT2D eigenvalue weighted by atomic mass is 16.5. The number of fused-ring (bicyclic) bond motifs is 3. The van der Waals surface area contributed by atoms with E-state index in [1.165, 1.54) is 0 Å². The highest BCUT2D eigenvalue weighted by Gasteiger charge is 2.61. The van der Waals surface area contributed by atoms with Gasteiger partial charge in [0, 0.05) is 30.6 Å². The molecule has 6 nitrogen and oxygen atoms in total. The van der Waals surface area contributed by atoms with Gasteiger partial charge in [-0.25, -0.2) is 0 Å². The van der Waals surface area contributed by atoms with Gasteiger partial charge in [0.05, 0.1) is 5.57 Å². The normalized spacial score (nSPS) is 24.3. The minimum atomic E-state index is -1.52. The molecule has 1 aromatic rings. The monoisotopic (exact) mass is 347 g/mol. The summed E-state index contributed by atoms with van der Waals surface area (Å²) in [5.74, 6) is -0.231. The van der Waals surface area contributed by atoms with Gasteiger partial charge in [-0.2, -0.15) is 5.26 Å². The summed E-state index contributed by atoms with van der Waals surface area (Å²) in [7, 11) is 0. The molecule has 1 aromatic carbocycles. The molecule has 0 bridgehead atoms. The van der Waals surface area contributed by atoms with Crippen molar-refractivity contribution in [2.45, 2.75) is 24.7 Å². The van der Waals surface area contributed by atoms with Crippen molar-refractivity contribution >= 4 is 17.4 Å². The Morgan fingerprint density at radius 3 is 2.85 bits per heavy atom. The molecule has 1 spiro atoms. The quantitative estimate of drug-likeness (QED) is 0.827. The zero-order chi connectivity index (χ0) is 18.5. The molecule has 2 heterocycles. The molecule has 0 radical (unpaired) electrons. The Kier molecular flexibility index (Phi) is 3.48. The number of carbonyl (C=O) groups is 2. The summed E-state index contributed by atoms with van der Waals surface area (Å²) in [4.78, 5) is 28.1. The maximum Gasteiger partial charge on any atom is 0.248 e. The first-order valence-corrected chi connectivity index (χ1v) is 8.44. The maximum absolute atomic E-state index is 13.6. The zero-order valence-corrected chi connectivity index (χ0v) is 14.1. The van der Waals surface area contributed by atoms with Crippen LogP contribution in [0.3, 0.4) is 0 Å². The van der Waals surface area contributed by atoms with Crippen LogP contribution in [0.2, 0.25) is 0 Å². The van der Waals surface area contributed by atoms with Gasteiger partial charge < -0.3 is 15.4 Å². The minimum Gasteiger partial charge on any atom is -0.444 e. The number of Topliss-reactive ketones (excluding diaryl/α,β-unsaturated/α-hetero) is 1. The maximum atomic E-state index is 13.6. The molecule has 6 heteroatoms. The average molecular weight is 347 g/mol. The number of nitriles is 1. The van der Waals surface area contributed by atoms with E-state index < -0.39 is 5.41 Å². The summed E-state index contributed by atoms with van der Waals surface area (Å²) in [5.41, 5.74) is 6.01. The number of ether oxygens (including phenoxy) is 1. The van der Waals surface area contributed by atoms with Crippen LogP contribution >= 0.6 is 0 Å². The number of nitrogens with two attached hydrogens (primary N) is 1. The van der Waals surface area contributed by atoms with Crippen LogP contribution in [-0.2, 0) is 19.7 Å². The van der Waals surface area contributed by atoms with Crippen LogP contribution in [-0.4, -0.2) is 18.2 Å².